The van der Waals surface area contributed by atoms with E-state index in [-0.39, 0.29) is 6.10 Å². The van der Waals surface area contributed by atoms with Gasteiger partial charge in [-0.3, -0.25) is 4.68 Å². The van der Waals surface area contributed by atoms with Gasteiger partial charge in [-0.1, -0.05) is 18.1 Å². The molecule has 1 N–H and O–H groups in total. The number of aryl methyl sites for hydroxylation is 2. The van der Waals surface area contributed by atoms with Crippen LogP contribution in [-0.4, -0.2) is 21.0 Å². The topological polar surface area (TPSA) is 38.0 Å². The molecule has 0 aliphatic heterocycles. The van der Waals surface area contributed by atoms with Crippen molar-refractivity contribution in [1.82, 2.24) is 9.78 Å². The minimum atomic E-state index is -0.264. The van der Waals surface area contributed by atoms with E-state index < -0.39 is 0 Å². The number of aliphatic hydroxyl groups excluding tert-OH is 1. The number of halogens is 1. The van der Waals surface area contributed by atoms with Gasteiger partial charge >= 0.3 is 0 Å². The van der Waals surface area contributed by atoms with Crippen LogP contribution in [0.5, 0.6) is 0 Å². The lowest BCUT2D eigenvalue weighted by molar-refractivity contribution is 0.211. The van der Waals surface area contributed by atoms with E-state index in [1.807, 2.05) is 13.0 Å². The van der Waals surface area contributed by atoms with E-state index in [9.17, 15) is 5.11 Å². The summed E-state index contributed by atoms with van der Waals surface area (Å²) in [5.74, 6) is 0. The Labute approximate surface area is 117 Å². The van der Waals surface area contributed by atoms with E-state index >= 15 is 0 Å². The van der Waals surface area contributed by atoms with Crippen LogP contribution in [0.3, 0.4) is 0 Å². The van der Waals surface area contributed by atoms with Gasteiger partial charge in [-0.2, -0.15) is 5.10 Å². The Morgan fingerprint density at radius 3 is 3.00 bits per heavy atom. The number of allylic oxidation sites excluding steroid dienone is 1. The molecular weight excluding hydrogens is 292 g/mol. The zero-order valence-electron chi connectivity index (χ0n) is 11.1. The Hall–Kier alpha value is -0.610. The van der Waals surface area contributed by atoms with E-state index in [0.29, 0.717) is 0 Å². The number of aliphatic hydroxyl groups is 1. The fourth-order valence-electron chi connectivity index (χ4n) is 2.54. The first-order valence-corrected chi connectivity index (χ1v) is 7.50. The molecule has 100 valence electrons. The lowest BCUT2D eigenvalue weighted by Crippen LogP contribution is -2.06. The van der Waals surface area contributed by atoms with Crippen LogP contribution < -0.4 is 0 Å². The normalized spacial score (nSPS) is 20.7. The molecule has 0 spiro atoms. The van der Waals surface area contributed by atoms with E-state index in [4.69, 9.17) is 0 Å². The van der Waals surface area contributed by atoms with Crippen LogP contribution in [0, 0.1) is 6.92 Å². The Balaban J connectivity index is 2.22. The number of hydrogen-bond donors (Lipinski definition) is 1. The maximum Gasteiger partial charge on any atom is 0.0738 e. The zero-order chi connectivity index (χ0) is 13.1. The van der Waals surface area contributed by atoms with Crippen molar-refractivity contribution in [3.63, 3.8) is 0 Å². The lowest BCUT2D eigenvalue weighted by Gasteiger charge is -2.09. The highest BCUT2D eigenvalue weighted by Gasteiger charge is 2.16. The van der Waals surface area contributed by atoms with E-state index in [0.717, 1.165) is 42.4 Å². The van der Waals surface area contributed by atoms with Crippen LogP contribution in [0.15, 0.2) is 16.1 Å². The van der Waals surface area contributed by atoms with Crippen LogP contribution in [0.2, 0.25) is 0 Å². The molecule has 0 amide bonds. The van der Waals surface area contributed by atoms with Crippen molar-refractivity contribution in [3.05, 3.63) is 27.5 Å². The van der Waals surface area contributed by atoms with Gasteiger partial charge < -0.3 is 5.11 Å². The van der Waals surface area contributed by atoms with Crippen LogP contribution in [-0.2, 0) is 13.0 Å². The summed E-state index contributed by atoms with van der Waals surface area (Å²) in [6.07, 6.45) is 6.97. The second kappa shape index (κ2) is 6.02. The Morgan fingerprint density at radius 2 is 2.28 bits per heavy atom. The molecular formula is C14H21BrN2O. The highest BCUT2D eigenvalue weighted by Crippen LogP contribution is 2.27. The van der Waals surface area contributed by atoms with Crippen molar-refractivity contribution in [3.8, 4) is 0 Å². The molecule has 1 aliphatic rings. The molecule has 0 fully saturated rings. The van der Waals surface area contributed by atoms with Crippen LogP contribution >= 0.6 is 15.9 Å². The maximum atomic E-state index is 9.83. The van der Waals surface area contributed by atoms with Crippen molar-refractivity contribution in [2.75, 3.05) is 0 Å². The molecule has 18 heavy (non-hydrogen) atoms. The minimum absolute atomic E-state index is 0.264. The molecule has 0 saturated heterocycles. The van der Waals surface area contributed by atoms with Crippen LogP contribution in [0.25, 0.3) is 0 Å². The van der Waals surface area contributed by atoms with Gasteiger partial charge in [0.1, 0.15) is 0 Å². The van der Waals surface area contributed by atoms with Crippen LogP contribution in [0.4, 0.5) is 0 Å². The first-order chi connectivity index (χ1) is 8.61. The SMILES string of the molecule is CCn1nc(C)c(Br)c1CC1=CC(O)CCCC1. The average Bonchev–Trinajstić information content (AvgIpc) is 2.53. The molecule has 0 bridgehead atoms. The summed E-state index contributed by atoms with van der Waals surface area (Å²) in [4.78, 5) is 0. The number of nitrogens with zero attached hydrogens (tertiary/aromatic N) is 2. The molecule has 0 aromatic carbocycles. The maximum absolute atomic E-state index is 9.83. The van der Waals surface area contributed by atoms with Gasteiger partial charge in [-0.25, -0.2) is 0 Å². The Kier molecular flexibility index (Phi) is 4.62. The average molecular weight is 313 g/mol. The van der Waals surface area contributed by atoms with Gasteiger partial charge in [-0.05, 0) is 49.0 Å². The smallest absolute Gasteiger partial charge is 0.0738 e. The van der Waals surface area contributed by atoms with Gasteiger partial charge in [0.15, 0.2) is 0 Å². The Morgan fingerprint density at radius 1 is 1.50 bits per heavy atom. The van der Waals surface area contributed by atoms with Crippen molar-refractivity contribution < 1.29 is 5.11 Å². The van der Waals surface area contributed by atoms with Crippen molar-refractivity contribution >= 4 is 15.9 Å². The molecule has 1 aromatic rings. The second-order valence-corrected chi connectivity index (χ2v) is 5.77. The molecule has 1 aromatic heterocycles. The number of hydrogen-bond acceptors (Lipinski definition) is 2. The molecule has 1 atom stereocenters. The summed E-state index contributed by atoms with van der Waals surface area (Å²) in [7, 11) is 0. The molecule has 2 rings (SSSR count). The molecule has 1 heterocycles. The largest absolute Gasteiger partial charge is 0.389 e. The minimum Gasteiger partial charge on any atom is -0.389 e. The second-order valence-electron chi connectivity index (χ2n) is 4.98. The molecule has 1 aliphatic carbocycles. The molecule has 4 heteroatoms. The van der Waals surface area contributed by atoms with Crippen molar-refractivity contribution in [1.29, 1.82) is 0 Å². The van der Waals surface area contributed by atoms with Crippen LogP contribution in [0.1, 0.15) is 44.0 Å². The number of rotatable bonds is 3. The van der Waals surface area contributed by atoms with Gasteiger partial charge in [0.25, 0.3) is 0 Å². The van der Waals surface area contributed by atoms with Gasteiger partial charge in [-0.15, -0.1) is 0 Å². The fourth-order valence-corrected chi connectivity index (χ4v) is 2.97. The quantitative estimate of drug-likeness (QED) is 0.869. The highest BCUT2D eigenvalue weighted by atomic mass is 79.9. The standard InChI is InChI=1S/C14H21BrN2O/c1-3-17-13(14(15)10(2)16-17)9-11-6-4-5-7-12(18)8-11/h8,12,18H,3-7,9H2,1-2H3. The van der Waals surface area contributed by atoms with E-state index in [1.165, 1.54) is 17.7 Å². The molecule has 3 nitrogen and oxygen atoms in total. The Bertz CT molecular complexity index is 451. The van der Waals surface area contributed by atoms with Gasteiger partial charge in [0, 0.05) is 13.0 Å². The van der Waals surface area contributed by atoms with Crippen molar-refractivity contribution in [2.45, 2.75) is 58.6 Å². The summed E-state index contributed by atoms with van der Waals surface area (Å²) in [6.45, 7) is 5.02. The summed E-state index contributed by atoms with van der Waals surface area (Å²) in [6, 6.07) is 0. The van der Waals surface area contributed by atoms with E-state index in [2.05, 4.69) is 32.6 Å². The molecule has 0 radical (unpaired) electrons. The number of aromatic nitrogens is 2. The zero-order valence-corrected chi connectivity index (χ0v) is 12.7. The van der Waals surface area contributed by atoms with Gasteiger partial charge in [0.05, 0.1) is 22.0 Å². The lowest BCUT2D eigenvalue weighted by atomic mass is 10.0. The van der Waals surface area contributed by atoms with Crippen molar-refractivity contribution in [2.24, 2.45) is 0 Å². The van der Waals surface area contributed by atoms with Gasteiger partial charge in [0.2, 0.25) is 0 Å². The van der Waals surface area contributed by atoms with E-state index in [1.54, 1.807) is 0 Å². The monoisotopic (exact) mass is 312 g/mol. The summed E-state index contributed by atoms with van der Waals surface area (Å²) >= 11 is 3.63. The summed E-state index contributed by atoms with van der Waals surface area (Å²) in [5, 5.41) is 14.3. The third-order valence-corrected chi connectivity index (χ3v) is 4.55. The first-order valence-electron chi connectivity index (χ1n) is 6.71. The third kappa shape index (κ3) is 3.04. The molecule has 0 saturated carbocycles. The predicted molar refractivity (Wildman–Crippen MR) is 76.6 cm³/mol. The highest BCUT2D eigenvalue weighted by molar-refractivity contribution is 9.10. The third-order valence-electron chi connectivity index (χ3n) is 3.52. The molecule has 1 unspecified atom stereocenters. The predicted octanol–water partition coefficient (Wildman–Crippen LogP) is 3.38. The summed E-state index contributed by atoms with van der Waals surface area (Å²) in [5.41, 5.74) is 3.62. The summed E-state index contributed by atoms with van der Waals surface area (Å²) < 4.78 is 3.17. The first kappa shape index (κ1) is 13.8. The fraction of sp³-hybridized carbons (Fsp3) is 0.643.